The van der Waals surface area contributed by atoms with Gasteiger partial charge in [-0.1, -0.05) is 43.3 Å². The zero-order valence-electron chi connectivity index (χ0n) is 19.9. The monoisotopic (exact) mass is 496 g/mol. The van der Waals surface area contributed by atoms with Crippen LogP contribution in [0.15, 0.2) is 60.9 Å². The molecule has 0 aliphatic carbocycles. The maximum atomic E-state index is 12.8. The highest BCUT2D eigenvalue weighted by molar-refractivity contribution is 5.92. The molecule has 1 aromatic heterocycles. The number of alkyl halides is 3. The molecule has 1 aliphatic heterocycles. The summed E-state index contributed by atoms with van der Waals surface area (Å²) in [5.74, 6) is 0.585. The standard InChI is InChI=1S/C27H27F3N4O2/c1-2-24(35)13-18-3-5-19(6-4-18)14-25(36)33-23-15-31-26(32-16-23)34-12-11-21(17-34)20-7-9-22(10-8-20)27(28,29)30/h3-10,15-16,21H,2,11-14,17H2,1H3,(H,33,36). The molecule has 1 fully saturated rings. The number of ketones is 1. The van der Waals surface area contributed by atoms with Gasteiger partial charge in [-0.15, -0.1) is 0 Å². The molecule has 1 amide bonds. The van der Waals surface area contributed by atoms with Gasteiger partial charge in [0.05, 0.1) is 30.1 Å². The van der Waals surface area contributed by atoms with Crippen molar-refractivity contribution >= 4 is 23.3 Å². The van der Waals surface area contributed by atoms with Crippen LogP contribution >= 0.6 is 0 Å². The largest absolute Gasteiger partial charge is 0.416 e. The second-order valence-electron chi connectivity index (χ2n) is 8.93. The molecule has 1 saturated heterocycles. The Kier molecular flexibility index (Phi) is 7.67. The molecule has 1 N–H and O–H groups in total. The summed E-state index contributed by atoms with van der Waals surface area (Å²) in [5.41, 5.74) is 2.45. The number of amides is 1. The SMILES string of the molecule is CCC(=O)Cc1ccc(CC(=O)Nc2cnc(N3CCC(c4ccc(C(F)(F)F)cc4)C3)nc2)cc1. The molecule has 188 valence electrons. The van der Waals surface area contributed by atoms with Gasteiger partial charge in [0, 0.05) is 31.8 Å². The molecule has 1 unspecified atom stereocenters. The summed E-state index contributed by atoms with van der Waals surface area (Å²) in [6, 6.07) is 12.7. The van der Waals surface area contributed by atoms with E-state index >= 15 is 0 Å². The maximum Gasteiger partial charge on any atom is 0.416 e. The summed E-state index contributed by atoms with van der Waals surface area (Å²) < 4.78 is 38.4. The van der Waals surface area contributed by atoms with E-state index in [9.17, 15) is 22.8 Å². The topological polar surface area (TPSA) is 75.2 Å². The van der Waals surface area contributed by atoms with Crippen molar-refractivity contribution in [2.24, 2.45) is 0 Å². The fraction of sp³-hybridized carbons (Fsp3) is 0.333. The van der Waals surface area contributed by atoms with Crippen molar-refractivity contribution in [3.8, 4) is 0 Å². The summed E-state index contributed by atoms with van der Waals surface area (Å²) in [7, 11) is 0. The van der Waals surface area contributed by atoms with E-state index in [-0.39, 0.29) is 24.0 Å². The van der Waals surface area contributed by atoms with Gasteiger partial charge in [0.2, 0.25) is 11.9 Å². The number of anilines is 2. The Labute approximate surface area is 207 Å². The Morgan fingerprint density at radius 3 is 2.17 bits per heavy atom. The van der Waals surface area contributed by atoms with Crippen LogP contribution in [0.5, 0.6) is 0 Å². The molecule has 0 saturated carbocycles. The van der Waals surface area contributed by atoms with Crippen LogP contribution in [-0.2, 0) is 28.6 Å². The Balaban J connectivity index is 1.29. The van der Waals surface area contributed by atoms with Crippen molar-refractivity contribution in [2.75, 3.05) is 23.3 Å². The third-order valence-corrected chi connectivity index (χ3v) is 6.29. The van der Waals surface area contributed by atoms with Gasteiger partial charge >= 0.3 is 6.18 Å². The zero-order chi connectivity index (χ0) is 25.7. The quantitative estimate of drug-likeness (QED) is 0.465. The predicted octanol–water partition coefficient (Wildman–Crippen LogP) is 5.19. The van der Waals surface area contributed by atoms with Gasteiger partial charge in [0.1, 0.15) is 5.78 Å². The number of carbonyl (C=O) groups is 2. The van der Waals surface area contributed by atoms with Crippen LogP contribution < -0.4 is 10.2 Å². The molecular formula is C27H27F3N4O2. The molecule has 1 atom stereocenters. The number of aromatic nitrogens is 2. The summed E-state index contributed by atoms with van der Waals surface area (Å²) in [6.07, 6.45) is 0.628. The second kappa shape index (κ2) is 10.9. The van der Waals surface area contributed by atoms with Crippen LogP contribution in [0.25, 0.3) is 0 Å². The molecule has 36 heavy (non-hydrogen) atoms. The molecule has 3 aromatic rings. The van der Waals surface area contributed by atoms with Crippen molar-refractivity contribution in [1.82, 2.24) is 9.97 Å². The Hall–Kier alpha value is -3.75. The van der Waals surface area contributed by atoms with Gasteiger partial charge < -0.3 is 10.2 Å². The summed E-state index contributed by atoms with van der Waals surface area (Å²) in [4.78, 5) is 34.7. The highest BCUT2D eigenvalue weighted by Crippen LogP contribution is 2.33. The molecular weight excluding hydrogens is 469 g/mol. The molecule has 2 heterocycles. The summed E-state index contributed by atoms with van der Waals surface area (Å²) in [6.45, 7) is 3.14. The van der Waals surface area contributed by atoms with Gasteiger partial charge in [-0.2, -0.15) is 13.2 Å². The van der Waals surface area contributed by atoms with E-state index < -0.39 is 11.7 Å². The summed E-state index contributed by atoms with van der Waals surface area (Å²) >= 11 is 0. The number of hydrogen-bond acceptors (Lipinski definition) is 5. The Morgan fingerprint density at radius 1 is 0.972 bits per heavy atom. The van der Waals surface area contributed by atoms with Gasteiger partial charge in [0.15, 0.2) is 0 Å². The first kappa shape index (κ1) is 25.3. The Bertz CT molecular complexity index is 1190. The normalized spacial score (nSPS) is 15.7. The molecule has 0 bridgehead atoms. The molecule has 2 aromatic carbocycles. The highest BCUT2D eigenvalue weighted by Gasteiger charge is 2.31. The number of hydrogen-bond donors (Lipinski definition) is 1. The minimum Gasteiger partial charge on any atom is -0.340 e. The minimum absolute atomic E-state index is 0.0988. The van der Waals surface area contributed by atoms with E-state index in [2.05, 4.69) is 15.3 Å². The van der Waals surface area contributed by atoms with Gasteiger partial charge in [-0.05, 0) is 35.2 Å². The first-order valence-electron chi connectivity index (χ1n) is 11.8. The first-order valence-corrected chi connectivity index (χ1v) is 11.8. The fourth-order valence-corrected chi connectivity index (χ4v) is 4.23. The van der Waals surface area contributed by atoms with Crippen molar-refractivity contribution in [2.45, 2.75) is 44.7 Å². The third-order valence-electron chi connectivity index (χ3n) is 6.29. The van der Waals surface area contributed by atoms with Crippen LogP contribution in [0.1, 0.15) is 47.9 Å². The molecule has 0 radical (unpaired) electrons. The highest BCUT2D eigenvalue weighted by atomic mass is 19.4. The lowest BCUT2D eigenvalue weighted by Gasteiger charge is -2.17. The third kappa shape index (κ3) is 6.47. The second-order valence-corrected chi connectivity index (χ2v) is 8.93. The minimum atomic E-state index is -4.34. The maximum absolute atomic E-state index is 12.8. The van der Waals surface area contributed by atoms with E-state index in [0.717, 1.165) is 35.2 Å². The molecule has 4 rings (SSSR count). The van der Waals surface area contributed by atoms with Crippen LogP contribution in [0.3, 0.4) is 0 Å². The lowest BCUT2D eigenvalue weighted by Crippen LogP contribution is -2.22. The number of nitrogens with one attached hydrogen (secondary N) is 1. The van der Waals surface area contributed by atoms with Crippen molar-refractivity contribution in [3.05, 3.63) is 83.2 Å². The van der Waals surface area contributed by atoms with Gasteiger partial charge in [-0.25, -0.2) is 9.97 Å². The number of benzene rings is 2. The predicted molar refractivity (Wildman–Crippen MR) is 131 cm³/mol. The van der Waals surface area contributed by atoms with Crippen LogP contribution in [0.2, 0.25) is 0 Å². The van der Waals surface area contributed by atoms with Gasteiger partial charge in [0.25, 0.3) is 0 Å². The molecule has 0 spiro atoms. The number of halogens is 3. The lowest BCUT2D eigenvalue weighted by atomic mass is 9.97. The lowest BCUT2D eigenvalue weighted by molar-refractivity contribution is -0.137. The van der Waals surface area contributed by atoms with Gasteiger partial charge in [-0.3, -0.25) is 9.59 Å². The Morgan fingerprint density at radius 2 is 1.58 bits per heavy atom. The van der Waals surface area contributed by atoms with Crippen molar-refractivity contribution in [1.29, 1.82) is 0 Å². The van der Waals surface area contributed by atoms with Crippen LogP contribution in [0, 0.1) is 0 Å². The molecule has 6 nitrogen and oxygen atoms in total. The van der Waals surface area contributed by atoms with E-state index in [1.54, 1.807) is 12.4 Å². The van der Waals surface area contributed by atoms with Crippen LogP contribution in [0.4, 0.5) is 24.8 Å². The van der Waals surface area contributed by atoms with E-state index in [1.165, 1.54) is 12.1 Å². The molecule has 9 heteroatoms. The number of rotatable bonds is 8. The van der Waals surface area contributed by atoms with Crippen molar-refractivity contribution < 1.29 is 22.8 Å². The average Bonchev–Trinajstić information content (AvgIpc) is 3.35. The number of nitrogens with zero attached hydrogens (tertiary/aromatic N) is 3. The van der Waals surface area contributed by atoms with E-state index in [0.29, 0.717) is 37.6 Å². The zero-order valence-corrected chi connectivity index (χ0v) is 19.9. The smallest absolute Gasteiger partial charge is 0.340 e. The van der Waals surface area contributed by atoms with Crippen LogP contribution in [-0.4, -0.2) is 34.7 Å². The number of carbonyl (C=O) groups excluding carboxylic acids is 2. The summed E-state index contributed by atoms with van der Waals surface area (Å²) in [5, 5.41) is 2.79. The number of Topliss-reactive ketones (excluding diaryl/α,β-unsaturated/α-hetero) is 1. The fourth-order valence-electron chi connectivity index (χ4n) is 4.23. The van der Waals surface area contributed by atoms with E-state index in [1.807, 2.05) is 36.1 Å². The van der Waals surface area contributed by atoms with Crippen molar-refractivity contribution in [3.63, 3.8) is 0 Å². The first-order chi connectivity index (χ1) is 17.2. The average molecular weight is 497 g/mol. The van der Waals surface area contributed by atoms with E-state index in [4.69, 9.17) is 0 Å². The molecule has 1 aliphatic rings.